The van der Waals surface area contributed by atoms with E-state index in [2.05, 4.69) is 13.5 Å². The molecule has 9 nitrogen and oxygen atoms in total. The molecule has 45 heavy (non-hydrogen) atoms. The number of esters is 1. The van der Waals surface area contributed by atoms with Crippen LogP contribution in [0.15, 0.2) is 96.1 Å². The second-order valence-electron chi connectivity index (χ2n) is 11.3. The van der Waals surface area contributed by atoms with E-state index >= 15 is 0 Å². The Morgan fingerprint density at radius 1 is 1.04 bits per heavy atom. The molecule has 1 atom stereocenters. The normalized spacial score (nSPS) is 20.1. The number of aliphatic imine (C=N–C) groups is 3. The van der Waals surface area contributed by atoms with E-state index in [0.29, 0.717) is 50.1 Å². The quantitative estimate of drug-likeness (QED) is 0.387. The summed E-state index contributed by atoms with van der Waals surface area (Å²) in [4.78, 5) is 44.7. The average Bonchev–Trinajstić information content (AvgIpc) is 3.72. The first-order valence-corrected chi connectivity index (χ1v) is 14.5. The van der Waals surface area contributed by atoms with Crippen LogP contribution < -0.4 is 20.8 Å². The molecule has 0 spiro atoms. The van der Waals surface area contributed by atoms with Crippen LogP contribution in [0, 0.1) is 12.8 Å². The molecule has 0 fully saturated rings. The third-order valence-corrected chi connectivity index (χ3v) is 8.99. The van der Waals surface area contributed by atoms with Gasteiger partial charge in [-0.05, 0) is 86.1 Å². The molecule has 5 heterocycles. The van der Waals surface area contributed by atoms with Crippen molar-refractivity contribution >= 4 is 63.8 Å². The molecule has 0 saturated heterocycles. The molecule has 0 aromatic carbocycles. The first-order valence-electron chi connectivity index (χ1n) is 14.5. The third-order valence-electron chi connectivity index (χ3n) is 8.99. The van der Waals surface area contributed by atoms with Crippen molar-refractivity contribution in [3.63, 3.8) is 0 Å². The minimum Gasteiger partial charge on any atom is -0.874 e. The molecule has 5 aliphatic rings. The van der Waals surface area contributed by atoms with Crippen molar-refractivity contribution in [1.82, 2.24) is 4.98 Å². The van der Waals surface area contributed by atoms with Gasteiger partial charge in [-0.2, -0.15) is 0 Å². The number of hydrogen-bond acceptors (Lipinski definition) is 7. The molecule has 4 aliphatic heterocycles. The van der Waals surface area contributed by atoms with Crippen molar-refractivity contribution in [1.29, 1.82) is 0 Å². The number of allylic oxidation sites excluding steroid dienone is 8. The van der Waals surface area contributed by atoms with Gasteiger partial charge >= 0.3 is 35.0 Å². The Morgan fingerprint density at radius 2 is 1.73 bits per heavy atom. The van der Waals surface area contributed by atoms with Gasteiger partial charge in [0, 0.05) is 12.0 Å². The third kappa shape index (κ3) is 4.96. The molecule has 8 bridgehead atoms. The van der Waals surface area contributed by atoms with Crippen LogP contribution in [-0.4, -0.2) is 64.3 Å². The van der Waals surface area contributed by atoms with Crippen LogP contribution in [0.2, 0.25) is 0 Å². The molecular formula is C35H32MgN4O5. The monoisotopic (exact) mass is 612 g/mol. The molecule has 0 radical (unpaired) electrons. The van der Waals surface area contributed by atoms with E-state index in [1.807, 2.05) is 45.9 Å². The average molecular weight is 613 g/mol. The summed E-state index contributed by atoms with van der Waals surface area (Å²) in [6.45, 7) is 13.8. The Balaban J connectivity index is 0.00000400. The van der Waals surface area contributed by atoms with Crippen molar-refractivity contribution in [2.24, 2.45) is 20.9 Å². The molecule has 6 rings (SSSR count). The zero-order chi connectivity index (χ0) is 31.6. The van der Waals surface area contributed by atoms with Gasteiger partial charge in [0.15, 0.2) is 0 Å². The smallest absolute Gasteiger partial charge is 0.874 e. The molecule has 10 heteroatoms. The predicted molar refractivity (Wildman–Crippen MR) is 173 cm³/mol. The summed E-state index contributed by atoms with van der Waals surface area (Å²) < 4.78 is 5.10. The zero-order valence-electron chi connectivity index (χ0n) is 26.3. The fourth-order valence-corrected chi connectivity index (χ4v) is 6.55. The first-order chi connectivity index (χ1) is 21.0. The van der Waals surface area contributed by atoms with Gasteiger partial charge in [-0.3, -0.25) is 9.59 Å². The number of carbonyl (C=O) groups is 2. The van der Waals surface area contributed by atoms with E-state index < -0.39 is 23.6 Å². The van der Waals surface area contributed by atoms with Crippen LogP contribution in [0.4, 0.5) is 0 Å². The Morgan fingerprint density at radius 3 is 2.38 bits per heavy atom. The van der Waals surface area contributed by atoms with Gasteiger partial charge in [0.05, 0.1) is 47.3 Å². The van der Waals surface area contributed by atoms with Crippen molar-refractivity contribution in [3.8, 4) is 0 Å². The summed E-state index contributed by atoms with van der Waals surface area (Å²) in [5.41, 5.74) is 10.5. The maximum atomic E-state index is 14.0. The number of aliphatic carboxylic acids is 1. The zero-order valence-corrected chi connectivity index (χ0v) is 27.7. The van der Waals surface area contributed by atoms with E-state index in [4.69, 9.17) is 24.7 Å². The second kappa shape index (κ2) is 11.9. The largest absolute Gasteiger partial charge is 2.00 e. The molecule has 1 N–H and O–H groups in total. The number of rotatable bonds is 6. The predicted octanol–water partition coefficient (Wildman–Crippen LogP) is 2.59. The molecule has 1 aliphatic carbocycles. The fraction of sp³-hybridized carbons (Fsp3) is 0.286. The minimum absolute atomic E-state index is 0. The number of carbonyl (C=O) groups excluding carboxylic acids is 1. The Bertz CT molecular complexity index is 2040. The van der Waals surface area contributed by atoms with Crippen molar-refractivity contribution in [3.05, 3.63) is 103 Å². The van der Waals surface area contributed by atoms with E-state index in [-0.39, 0.29) is 35.9 Å². The summed E-state index contributed by atoms with van der Waals surface area (Å²) >= 11 is 0. The van der Waals surface area contributed by atoms with Gasteiger partial charge in [0.1, 0.15) is 0 Å². The Hall–Kier alpha value is -4.28. The molecule has 224 valence electrons. The minimum atomic E-state index is -1.26. The molecule has 0 saturated carbocycles. The molecular weight excluding hydrogens is 581 g/mol. The van der Waals surface area contributed by atoms with Crippen molar-refractivity contribution < 1.29 is 24.5 Å². The number of carboxylic acid groups (broad SMARTS) is 1. The maximum Gasteiger partial charge on any atom is 2.00 e. The number of hydrogen-bond donors (Lipinski definition) is 1. The molecule has 0 unspecified atom stereocenters. The van der Waals surface area contributed by atoms with Crippen LogP contribution in [-0.2, 0) is 20.7 Å². The van der Waals surface area contributed by atoms with Gasteiger partial charge in [-0.1, -0.05) is 36.8 Å². The fourth-order valence-electron chi connectivity index (χ4n) is 6.55. The summed E-state index contributed by atoms with van der Waals surface area (Å²) in [7, 11) is 1.24. The number of aromatic nitrogens is 1. The number of methoxy groups -OCH3 is 1. The topological polar surface area (TPSA) is 138 Å². The SMILES string of the molecule is C=CC1=C(C)C2=NC1=CC1=NC(=CC3=C(C)C4=C([O-])[C@H](C(=O)OC)C(=c5[n-]c(c(C)c5CCC(=O)O)=C2)C4=N3)C(CC)=C1C.[Mg+2]. The Labute approximate surface area is 277 Å². The second-order valence-corrected chi connectivity index (χ2v) is 11.3. The van der Waals surface area contributed by atoms with E-state index in [0.717, 1.165) is 51.4 Å². The molecule has 1 aromatic heterocycles. The van der Waals surface area contributed by atoms with Crippen LogP contribution in [0.3, 0.4) is 0 Å². The van der Waals surface area contributed by atoms with Crippen LogP contribution in [0.1, 0.15) is 51.7 Å². The standard InChI is InChI=1S/C35H34N4O5.Mg/c1-8-19-15(3)22-12-24-17(5)21(10-11-28(40)41)32(38-24)30-31(35(43)44-7)34(42)29-18(6)25(39-33(29)30)14-27-20(9-2)16(4)23(37-27)13-26(19)36-22;/h8,12-14,31H,1,9-11H2,2-7H3,(H3,36,37,38,39,40,41,42);/q;+2/p-2/t31-;/m1./s1. The first kappa shape index (κ1) is 32.1. The number of fused-ring (bicyclic) bond motifs is 5. The van der Waals surface area contributed by atoms with E-state index in [9.17, 15) is 19.8 Å². The van der Waals surface area contributed by atoms with Crippen molar-refractivity contribution in [2.75, 3.05) is 7.11 Å². The summed E-state index contributed by atoms with van der Waals surface area (Å²) in [5, 5.41) is 24.5. The van der Waals surface area contributed by atoms with Crippen molar-refractivity contribution in [2.45, 2.75) is 53.9 Å². The van der Waals surface area contributed by atoms with Gasteiger partial charge in [0.2, 0.25) is 0 Å². The van der Waals surface area contributed by atoms with Gasteiger partial charge in [-0.15, -0.1) is 16.5 Å². The van der Waals surface area contributed by atoms with Gasteiger partial charge in [0.25, 0.3) is 0 Å². The van der Waals surface area contributed by atoms with Crippen LogP contribution >= 0.6 is 0 Å². The Kier molecular flexibility index (Phi) is 8.50. The molecule has 1 aromatic rings. The van der Waals surface area contributed by atoms with E-state index in [1.54, 1.807) is 6.08 Å². The van der Waals surface area contributed by atoms with Crippen LogP contribution in [0.5, 0.6) is 0 Å². The van der Waals surface area contributed by atoms with Gasteiger partial charge in [-0.25, -0.2) is 15.0 Å². The number of nitrogens with zero attached hydrogens (tertiary/aromatic N) is 4. The van der Waals surface area contributed by atoms with Crippen LogP contribution in [0.25, 0.3) is 11.6 Å². The summed E-state index contributed by atoms with van der Waals surface area (Å²) in [6, 6.07) is 0. The number of carboxylic acids is 1. The number of ether oxygens (including phenoxy) is 1. The molecule has 0 amide bonds. The summed E-state index contributed by atoms with van der Waals surface area (Å²) in [6.07, 6.45) is 8.23. The maximum absolute atomic E-state index is 14.0. The summed E-state index contributed by atoms with van der Waals surface area (Å²) in [5.74, 6) is -3.36. The van der Waals surface area contributed by atoms with Gasteiger partial charge < -0.3 is 19.9 Å². The van der Waals surface area contributed by atoms with E-state index in [1.165, 1.54) is 7.11 Å².